The van der Waals surface area contributed by atoms with E-state index in [1.54, 1.807) is 31.4 Å². The molecule has 6 rings (SSSR count). The maximum Gasteiger partial charge on any atom is 0.197 e. The lowest BCUT2D eigenvalue weighted by molar-refractivity contribution is 0.103. The monoisotopic (exact) mass is 454 g/mol. The van der Waals surface area contributed by atoms with E-state index in [1.807, 2.05) is 48.5 Å². The van der Waals surface area contributed by atoms with E-state index in [0.29, 0.717) is 11.1 Å². The molecule has 0 aliphatic carbocycles. The summed E-state index contributed by atoms with van der Waals surface area (Å²) in [5, 5.41) is 16.5. The van der Waals surface area contributed by atoms with Gasteiger partial charge in [0.25, 0.3) is 0 Å². The van der Waals surface area contributed by atoms with Gasteiger partial charge in [0.15, 0.2) is 5.78 Å². The number of benzene rings is 6. The summed E-state index contributed by atoms with van der Waals surface area (Å²) in [7, 11) is 1.66. The third-order valence-corrected chi connectivity index (χ3v) is 6.66. The van der Waals surface area contributed by atoms with Crippen LogP contribution in [0.4, 0.5) is 0 Å². The van der Waals surface area contributed by atoms with E-state index in [2.05, 4.69) is 36.4 Å². The van der Waals surface area contributed by atoms with Gasteiger partial charge in [-0.1, -0.05) is 72.8 Å². The van der Waals surface area contributed by atoms with Gasteiger partial charge in [0, 0.05) is 10.9 Å². The SMILES string of the molecule is COc1ccc(-c2cc3c4ccccc4cc(C(=O)c4ccccc4O)c3c3ccccc23)cc1. The van der Waals surface area contributed by atoms with Crippen LogP contribution in [-0.2, 0) is 0 Å². The number of aromatic hydroxyl groups is 1. The van der Waals surface area contributed by atoms with Crippen LogP contribution in [0.3, 0.4) is 0 Å². The van der Waals surface area contributed by atoms with E-state index < -0.39 is 0 Å². The Morgan fingerprint density at radius 3 is 2.06 bits per heavy atom. The van der Waals surface area contributed by atoms with Crippen LogP contribution >= 0.6 is 0 Å². The second-order valence-corrected chi connectivity index (χ2v) is 8.61. The lowest BCUT2D eigenvalue weighted by atomic mass is 9.86. The van der Waals surface area contributed by atoms with Gasteiger partial charge in [-0.05, 0) is 74.5 Å². The smallest absolute Gasteiger partial charge is 0.197 e. The number of para-hydroxylation sites is 1. The first kappa shape index (κ1) is 20.9. The lowest BCUT2D eigenvalue weighted by Gasteiger charge is -2.16. The summed E-state index contributed by atoms with van der Waals surface area (Å²) in [5.41, 5.74) is 3.04. The highest BCUT2D eigenvalue weighted by Crippen LogP contribution is 2.41. The number of fused-ring (bicyclic) bond motifs is 5. The molecule has 0 amide bonds. The minimum atomic E-state index is -0.193. The van der Waals surface area contributed by atoms with Gasteiger partial charge in [-0.15, -0.1) is 0 Å². The van der Waals surface area contributed by atoms with Crippen molar-refractivity contribution in [3.8, 4) is 22.6 Å². The van der Waals surface area contributed by atoms with Gasteiger partial charge in [-0.25, -0.2) is 0 Å². The Kier molecular flexibility index (Phi) is 4.97. The standard InChI is InChI=1S/C32H22O3/c1-35-22-16-14-20(15-17-22)27-19-28-23-9-3-2-8-21(23)18-29(31(28)25-11-5-4-10-24(25)27)32(34)26-12-6-7-13-30(26)33/h2-19,33H,1H3. The number of hydrogen-bond donors (Lipinski definition) is 1. The van der Waals surface area contributed by atoms with E-state index in [-0.39, 0.29) is 11.5 Å². The first-order valence-corrected chi connectivity index (χ1v) is 11.5. The summed E-state index contributed by atoms with van der Waals surface area (Å²) in [5.74, 6) is 0.596. The van der Waals surface area contributed by atoms with E-state index in [4.69, 9.17) is 4.74 Å². The van der Waals surface area contributed by atoms with Gasteiger partial charge in [0.05, 0.1) is 12.7 Å². The summed E-state index contributed by atoms with van der Waals surface area (Å²) in [4.78, 5) is 13.8. The van der Waals surface area contributed by atoms with Gasteiger partial charge in [0.1, 0.15) is 11.5 Å². The quantitative estimate of drug-likeness (QED) is 0.219. The number of carbonyl (C=O) groups excluding carboxylic acids is 1. The molecule has 35 heavy (non-hydrogen) atoms. The number of ether oxygens (including phenoxy) is 1. The molecule has 0 aliphatic heterocycles. The molecule has 168 valence electrons. The van der Waals surface area contributed by atoms with Crippen LogP contribution in [0.2, 0.25) is 0 Å². The zero-order valence-corrected chi connectivity index (χ0v) is 19.2. The maximum atomic E-state index is 13.8. The summed E-state index contributed by atoms with van der Waals surface area (Å²) in [6.07, 6.45) is 0. The molecule has 0 saturated heterocycles. The molecule has 3 nitrogen and oxygen atoms in total. The minimum absolute atomic E-state index is 0.0158. The fraction of sp³-hybridized carbons (Fsp3) is 0.0312. The Morgan fingerprint density at radius 1 is 0.657 bits per heavy atom. The van der Waals surface area contributed by atoms with Crippen LogP contribution in [0, 0.1) is 0 Å². The van der Waals surface area contributed by atoms with Crippen molar-refractivity contribution < 1.29 is 14.6 Å². The molecule has 1 N–H and O–H groups in total. The molecule has 0 aromatic heterocycles. The van der Waals surface area contributed by atoms with Crippen LogP contribution in [0.1, 0.15) is 15.9 Å². The maximum absolute atomic E-state index is 13.8. The van der Waals surface area contributed by atoms with Gasteiger partial charge < -0.3 is 9.84 Å². The van der Waals surface area contributed by atoms with Crippen molar-refractivity contribution in [3.63, 3.8) is 0 Å². The molecule has 0 heterocycles. The molecule has 0 saturated carbocycles. The number of methoxy groups -OCH3 is 1. The average molecular weight is 455 g/mol. The molecule has 3 heteroatoms. The summed E-state index contributed by atoms with van der Waals surface area (Å²) in [6.45, 7) is 0. The van der Waals surface area contributed by atoms with Crippen molar-refractivity contribution in [1.29, 1.82) is 0 Å². The van der Waals surface area contributed by atoms with E-state index in [9.17, 15) is 9.90 Å². The van der Waals surface area contributed by atoms with Crippen LogP contribution in [0.15, 0.2) is 109 Å². The molecule has 0 aliphatic rings. The fourth-order valence-electron chi connectivity index (χ4n) is 4.97. The predicted octanol–water partition coefficient (Wildman–Crippen LogP) is 7.76. The van der Waals surface area contributed by atoms with E-state index in [0.717, 1.165) is 49.2 Å². The molecule has 0 spiro atoms. The molecule has 0 radical (unpaired) electrons. The van der Waals surface area contributed by atoms with E-state index in [1.165, 1.54) is 0 Å². The summed E-state index contributed by atoms with van der Waals surface area (Å²) in [6, 6.07) is 35.2. The number of phenolic OH excluding ortho intramolecular Hbond substituents is 1. The topological polar surface area (TPSA) is 46.5 Å². The van der Waals surface area contributed by atoms with Gasteiger partial charge >= 0.3 is 0 Å². The molecular weight excluding hydrogens is 432 g/mol. The number of ketones is 1. The first-order chi connectivity index (χ1) is 17.2. The van der Waals surface area contributed by atoms with Gasteiger partial charge in [-0.2, -0.15) is 0 Å². The Hall–Kier alpha value is -4.63. The number of hydrogen-bond acceptors (Lipinski definition) is 3. The van der Waals surface area contributed by atoms with Crippen molar-refractivity contribution in [3.05, 3.63) is 120 Å². The molecule has 0 unspecified atom stereocenters. The molecule has 0 atom stereocenters. The zero-order valence-electron chi connectivity index (χ0n) is 19.2. The van der Waals surface area contributed by atoms with Crippen LogP contribution in [0.25, 0.3) is 43.4 Å². The second kappa shape index (κ2) is 8.30. The molecule has 6 aromatic carbocycles. The van der Waals surface area contributed by atoms with Gasteiger partial charge in [0.2, 0.25) is 0 Å². The largest absolute Gasteiger partial charge is 0.507 e. The second-order valence-electron chi connectivity index (χ2n) is 8.61. The Morgan fingerprint density at radius 2 is 1.31 bits per heavy atom. The van der Waals surface area contributed by atoms with Crippen LogP contribution < -0.4 is 4.74 Å². The normalized spacial score (nSPS) is 11.2. The van der Waals surface area contributed by atoms with Crippen LogP contribution in [-0.4, -0.2) is 18.0 Å². The number of phenols is 1. The highest BCUT2D eigenvalue weighted by atomic mass is 16.5. The predicted molar refractivity (Wildman–Crippen MR) is 142 cm³/mol. The number of rotatable bonds is 4. The van der Waals surface area contributed by atoms with E-state index >= 15 is 0 Å². The van der Waals surface area contributed by atoms with Crippen molar-refractivity contribution in [2.45, 2.75) is 0 Å². The Bertz CT molecular complexity index is 1750. The Balaban J connectivity index is 1.75. The highest BCUT2D eigenvalue weighted by molar-refractivity contribution is 6.30. The zero-order chi connectivity index (χ0) is 23.9. The highest BCUT2D eigenvalue weighted by Gasteiger charge is 2.20. The van der Waals surface area contributed by atoms with Crippen molar-refractivity contribution in [1.82, 2.24) is 0 Å². The Labute approximate surface area is 202 Å². The first-order valence-electron chi connectivity index (χ1n) is 11.5. The summed E-state index contributed by atoms with van der Waals surface area (Å²) >= 11 is 0. The molecular formula is C32H22O3. The third kappa shape index (κ3) is 3.41. The third-order valence-electron chi connectivity index (χ3n) is 6.66. The minimum Gasteiger partial charge on any atom is -0.507 e. The van der Waals surface area contributed by atoms with Crippen molar-refractivity contribution in [2.24, 2.45) is 0 Å². The fourth-order valence-corrected chi connectivity index (χ4v) is 4.97. The van der Waals surface area contributed by atoms with Crippen molar-refractivity contribution in [2.75, 3.05) is 7.11 Å². The summed E-state index contributed by atoms with van der Waals surface area (Å²) < 4.78 is 5.36. The lowest BCUT2D eigenvalue weighted by Crippen LogP contribution is -2.04. The van der Waals surface area contributed by atoms with Gasteiger partial charge in [-0.3, -0.25) is 4.79 Å². The van der Waals surface area contributed by atoms with Crippen LogP contribution in [0.5, 0.6) is 11.5 Å². The average Bonchev–Trinajstić information content (AvgIpc) is 2.92. The molecule has 0 fully saturated rings. The van der Waals surface area contributed by atoms with Crippen molar-refractivity contribution >= 4 is 38.1 Å². The molecule has 0 bridgehead atoms. The molecule has 6 aromatic rings. The number of carbonyl (C=O) groups is 1.